The standard InChI is InChI=1S/C17H18FN3O4/c1-25-15-3-2-11(8-14(15)18)16(22)20-6-4-13(5-7-20)21-10-12(9-19-21)17(23)24/h2-3,8-10,13H,4-7H2,1H3,(H,23,24). The van der Waals surface area contributed by atoms with Gasteiger partial charge in [0.1, 0.15) is 0 Å². The van der Waals surface area contributed by atoms with E-state index in [4.69, 9.17) is 9.84 Å². The second kappa shape index (κ2) is 6.92. The van der Waals surface area contributed by atoms with Gasteiger partial charge in [-0.1, -0.05) is 0 Å². The Kier molecular flexibility index (Phi) is 4.69. The van der Waals surface area contributed by atoms with E-state index in [2.05, 4.69) is 5.10 Å². The molecule has 1 aliphatic heterocycles. The molecule has 0 unspecified atom stereocenters. The molecule has 1 N–H and O–H groups in total. The normalized spacial score (nSPS) is 15.2. The zero-order chi connectivity index (χ0) is 18.0. The Morgan fingerprint density at radius 3 is 2.56 bits per heavy atom. The van der Waals surface area contributed by atoms with Crippen LogP contribution in [0.25, 0.3) is 0 Å². The van der Waals surface area contributed by atoms with Gasteiger partial charge >= 0.3 is 5.97 Å². The summed E-state index contributed by atoms with van der Waals surface area (Å²) in [6.07, 6.45) is 4.14. The number of carbonyl (C=O) groups excluding carboxylic acids is 1. The summed E-state index contributed by atoms with van der Waals surface area (Å²) in [6.45, 7) is 0.999. The lowest BCUT2D eigenvalue weighted by Gasteiger charge is -2.32. The Morgan fingerprint density at radius 2 is 2.00 bits per heavy atom. The number of hydrogen-bond acceptors (Lipinski definition) is 4. The number of aromatic nitrogens is 2. The summed E-state index contributed by atoms with van der Waals surface area (Å²) in [7, 11) is 1.37. The highest BCUT2D eigenvalue weighted by molar-refractivity contribution is 5.94. The van der Waals surface area contributed by atoms with E-state index in [0.717, 1.165) is 0 Å². The molecule has 1 aromatic carbocycles. The van der Waals surface area contributed by atoms with Crippen LogP contribution in [-0.4, -0.2) is 51.9 Å². The fraction of sp³-hybridized carbons (Fsp3) is 0.353. The van der Waals surface area contributed by atoms with Gasteiger partial charge in [-0.2, -0.15) is 5.10 Å². The van der Waals surface area contributed by atoms with Crippen molar-refractivity contribution in [3.8, 4) is 5.75 Å². The number of rotatable bonds is 4. The number of hydrogen-bond donors (Lipinski definition) is 1. The molecule has 25 heavy (non-hydrogen) atoms. The van der Waals surface area contributed by atoms with Crippen LogP contribution < -0.4 is 4.74 Å². The average molecular weight is 347 g/mol. The number of amides is 1. The number of likely N-dealkylation sites (tertiary alicyclic amines) is 1. The van der Waals surface area contributed by atoms with E-state index < -0.39 is 11.8 Å². The maximum atomic E-state index is 13.8. The maximum Gasteiger partial charge on any atom is 0.338 e. The smallest absolute Gasteiger partial charge is 0.338 e. The quantitative estimate of drug-likeness (QED) is 0.917. The molecule has 1 aromatic heterocycles. The van der Waals surface area contributed by atoms with Gasteiger partial charge in [-0.15, -0.1) is 0 Å². The molecule has 0 saturated carbocycles. The molecule has 0 radical (unpaired) electrons. The van der Waals surface area contributed by atoms with Gasteiger partial charge in [0.15, 0.2) is 11.6 Å². The first kappa shape index (κ1) is 16.9. The molecule has 1 amide bonds. The van der Waals surface area contributed by atoms with Crippen LogP contribution in [-0.2, 0) is 0 Å². The Hall–Kier alpha value is -2.90. The molecule has 1 fully saturated rings. The number of benzene rings is 1. The lowest BCUT2D eigenvalue weighted by atomic mass is 10.0. The molecule has 132 valence electrons. The number of carboxylic acid groups (broad SMARTS) is 1. The van der Waals surface area contributed by atoms with Gasteiger partial charge in [-0.05, 0) is 31.0 Å². The molecule has 2 aromatic rings. The number of nitrogens with zero attached hydrogens (tertiary/aromatic N) is 3. The predicted octanol–water partition coefficient (Wildman–Crippen LogP) is 2.21. The highest BCUT2D eigenvalue weighted by atomic mass is 19.1. The van der Waals surface area contributed by atoms with Crippen molar-refractivity contribution in [2.75, 3.05) is 20.2 Å². The van der Waals surface area contributed by atoms with Crippen molar-refractivity contribution in [3.05, 3.63) is 47.5 Å². The lowest BCUT2D eigenvalue weighted by molar-refractivity contribution is 0.0687. The topological polar surface area (TPSA) is 84.7 Å². The van der Waals surface area contributed by atoms with E-state index in [9.17, 15) is 14.0 Å². The van der Waals surface area contributed by atoms with E-state index in [1.165, 1.54) is 31.6 Å². The van der Waals surface area contributed by atoms with E-state index in [-0.39, 0.29) is 28.8 Å². The van der Waals surface area contributed by atoms with Crippen molar-refractivity contribution in [1.29, 1.82) is 0 Å². The Labute approximate surface area is 143 Å². The molecule has 0 bridgehead atoms. The minimum absolute atomic E-state index is 0.0461. The van der Waals surface area contributed by atoms with Crippen molar-refractivity contribution in [2.45, 2.75) is 18.9 Å². The number of carboxylic acids is 1. The van der Waals surface area contributed by atoms with E-state index >= 15 is 0 Å². The number of aromatic carboxylic acids is 1. The SMILES string of the molecule is COc1ccc(C(=O)N2CCC(n3cc(C(=O)O)cn3)CC2)cc1F. The molecule has 1 saturated heterocycles. The minimum Gasteiger partial charge on any atom is -0.494 e. The van der Waals surface area contributed by atoms with E-state index in [1.54, 1.807) is 15.6 Å². The average Bonchev–Trinajstić information content (AvgIpc) is 3.11. The van der Waals surface area contributed by atoms with Crippen LogP contribution >= 0.6 is 0 Å². The second-order valence-electron chi connectivity index (χ2n) is 5.89. The summed E-state index contributed by atoms with van der Waals surface area (Å²) in [5.74, 6) is -1.71. The largest absolute Gasteiger partial charge is 0.494 e. The number of ether oxygens (including phenoxy) is 1. The number of piperidine rings is 1. The monoisotopic (exact) mass is 347 g/mol. The van der Waals surface area contributed by atoms with Crippen molar-refractivity contribution in [3.63, 3.8) is 0 Å². The summed E-state index contributed by atoms with van der Waals surface area (Å²) < 4.78 is 20.3. The Bertz CT molecular complexity index is 797. The van der Waals surface area contributed by atoms with Crippen LogP contribution in [0.4, 0.5) is 4.39 Å². The Balaban J connectivity index is 1.64. The first-order chi connectivity index (χ1) is 12.0. The third-order valence-corrected chi connectivity index (χ3v) is 4.37. The number of carbonyl (C=O) groups is 2. The fourth-order valence-electron chi connectivity index (χ4n) is 2.96. The van der Waals surface area contributed by atoms with Gasteiger partial charge in [0, 0.05) is 24.8 Å². The van der Waals surface area contributed by atoms with Gasteiger partial charge in [0.05, 0.1) is 24.9 Å². The van der Waals surface area contributed by atoms with Gasteiger partial charge in [-0.25, -0.2) is 9.18 Å². The third-order valence-electron chi connectivity index (χ3n) is 4.37. The third kappa shape index (κ3) is 3.47. The van der Waals surface area contributed by atoms with Gasteiger partial charge < -0.3 is 14.7 Å². The first-order valence-corrected chi connectivity index (χ1v) is 7.90. The summed E-state index contributed by atoms with van der Waals surface area (Å²) in [5.41, 5.74) is 0.427. The molecule has 0 atom stereocenters. The van der Waals surface area contributed by atoms with Crippen LogP contribution in [0.3, 0.4) is 0 Å². The van der Waals surface area contributed by atoms with Crippen LogP contribution in [0, 0.1) is 5.82 Å². The van der Waals surface area contributed by atoms with Crippen LogP contribution in [0.5, 0.6) is 5.75 Å². The zero-order valence-electron chi connectivity index (χ0n) is 13.7. The lowest BCUT2D eigenvalue weighted by Crippen LogP contribution is -2.39. The summed E-state index contributed by atoms with van der Waals surface area (Å²) in [4.78, 5) is 25.1. The molecule has 2 heterocycles. The van der Waals surface area contributed by atoms with E-state index in [0.29, 0.717) is 25.9 Å². The van der Waals surface area contributed by atoms with Gasteiger partial charge in [0.25, 0.3) is 5.91 Å². The van der Waals surface area contributed by atoms with Crippen LogP contribution in [0.1, 0.15) is 39.6 Å². The molecular formula is C17H18FN3O4. The summed E-state index contributed by atoms with van der Waals surface area (Å²) in [5, 5.41) is 13.0. The summed E-state index contributed by atoms with van der Waals surface area (Å²) >= 11 is 0. The second-order valence-corrected chi connectivity index (χ2v) is 5.89. The molecule has 8 heteroatoms. The van der Waals surface area contributed by atoms with Crippen molar-refractivity contribution < 1.29 is 23.8 Å². The van der Waals surface area contributed by atoms with Crippen molar-refractivity contribution in [2.24, 2.45) is 0 Å². The summed E-state index contributed by atoms with van der Waals surface area (Å²) in [6, 6.07) is 4.21. The van der Waals surface area contributed by atoms with Crippen LogP contribution in [0.2, 0.25) is 0 Å². The molecule has 7 nitrogen and oxygen atoms in total. The molecule has 1 aliphatic rings. The molecule has 0 spiro atoms. The molecule has 3 rings (SSSR count). The maximum absolute atomic E-state index is 13.8. The number of methoxy groups -OCH3 is 1. The molecular weight excluding hydrogens is 329 g/mol. The highest BCUT2D eigenvalue weighted by Crippen LogP contribution is 2.24. The van der Waals surface area contributed by atoms with Gasteiger partial charge in [-0.3, -0.25) is 9.48 Å². The van der Waals surface area contributed by atoms with Crippen LogP contribution in [0.15, 0.2) is 30.6 Å². The van der Waals surface area contributed by atoms with Gasteiger partial charge in [0.2, 0.25) is 0 Å². The highest BCUT2D eigenvalue weighted by Gasteiger charge is 2.26. The van der Waals surface area contributed by atoms with E-state index in [1.807, 2.05) is 0 Å². The Morgan fingerprint density at radius 1 is 1.28 bits per heavy atom. The fourth-order valence-corrected chi connectivity index (χ4v) is 2.96. The zero-order valence-corrected chi connectivity index (χ0v) is 13.7. The molecule has 0 aliphatic carbocycles. The van der Waals surface area contributed by atoms with Crippen molar-refractivity contribution in [1.82, 2.24) is 14.7 Å². The minimum atomic E-state index is -1.01. The van der Waals surface area contributed by atoms with Crippen molar-refractivity contribution >= 4 is 11.9 Å². The first-order valence-electron chi connectivity index (χ1n) is 7.90. The predicted molar refractivity (Wildman–Crippen MR) is 86.3 cm³/mol. The number of halogens is 1.